The second-order valence-electron chi connectivity index (χ2n) is 6.26. The van der Waals surface area contributed by atoms with Gasteiger partial charge in [-0.05, 0) is 49.7 Å². The number of nitrogens with zero attached hydrogens (tertiary/aromatic N) is 1. The van der Waals surface area contributed by atoms with Crippen LogP contribution in [0.1, 0.15) is 55.6 Å². The molecule has 30 heavy (non-hydrogen) atoms. The first-order valence-electron chi connectivity index (χ1n) is 9.80. The first-order valence-corrected chi connectivity index (χ1v) is 12.3. The van der Waals surface area contributed by atoms with Crippen LogP contribution in [0.3, 0.4) is 0 Å². The van der Waals surface area contributed by atoms with Crippen molar-refractivity contribution in [1.29, 1.82) is 5.26 Å². The SMILES string of the molecule is CCC.CCOP(=O)(Cc1ccc(C(=O)Nc2ccc(Br)cc2C#N)cc1)OCC. The highest BCUT2D eigenvalue weighted by molar-refractivity contribution is 9.10. The molecule has 0 atom stereocenters. The number of hydrogen-bond acceptors (Lipinski definition) is 5. The molecule has 0 radical (unpaired) electrons. The lowest BCUT2D eigenvalue weighted by molar-refractivity contribution is 0.102. The van der Waals surface area contributed by atoms with Crippen molar-refractivity contribution >= 4 is 35.1 Å². The molecule has 8 heteroatoms. The zero-order valence-corrected chi connectivity index (χ0v) is 20.3. The normalized spacial score (nSPS) is 10.5. The van der Waals surface area contributed by atoms with Crippen molar-refractivity contribution in [3.63, 3.8) is 0 Å². The summed E-state index contributed by atoms with van der Waals surface area (Å²) in [5.74, 6) is -0.335. The Bertz CT molecular complexity index is 900. The Labute approximate surface area is 187 Å². The Morgan fingerprint density at radius 2 is 1.63 bits per heavy atom. The van der Waals surface area contributed by atoms with Gasteiger partial charge in [0.1, 0.15) is 6.07 Å². The third kappa shape index (κ3) is 8.41. The molecule has 1 amide bonds. The molecule has 0 saturated carbocycles. The van der Waals surface area contributed by atoms with Gasteiger partial charge >= 0.3 is 7.60 Å². The Hall–Kier alpha value is -1.97. The molecule has 1 N–H and O–H groups in total. The largest absolute Gasteiger partial charge is 0.335 e. The summed E-state index contributed by atoms with van der Waals surface area (Å²) in [6.07, 6.45) is 1.39. The van der Waals surface area contributed by atoms with Crippen LogP contribution in [0.25, 0.3) is 0 Å². The highest BCUT2D eigenvalue weighted by Crippen LogP contribution is 2.51. The maximum atomic E-state index is 12.6. The standard InChI is InChI=1S/C19H20BrN2O4P.C3H8/c1-3-25-27(24,26-4-2)13-14-5-7-15(8-6-14)19(23)22-18-10-9-17(20)11-16(18)12-21;1-3-2/h5-11H,3-4,13H2,1-2H3,(H,22,23);3H2,1-2H3. The van der Waals surface area contributed by atoms with Crippen LogP contribution in [-0.2, 0) is 19.8 Å². The Balaban J connectivity index is 0.00000141. The van der Waals surface area contributed by atoms with Crippen LogP contribution in [0.4, 0.5) is 5.69 Å². The van der Waals surface area contributed by atoms with Gasteiger partial charge in [0.05, 0.1) is 30.6 Å². The summed E-state index contributed by atoms with van der Waals surface area (Å²) >= 11 is 3.30. The molecule has 2 aromatic carbocycles. The molecule has 0 saturated heterocycles. The molecule has 6 nitrogen and oxygen atoms in total. The monoisotopic (exact) mass is 494 g/mol. The summed E-state index contributed by atoms with van der Waals surface area (Å²) in [6.45, 7) is 8.37. The number of carbonyl (C=O) groups is 1. The van der Waals surface area contributed by atoms with E-state index in [2.05, 4.69) is 35.1 Å². The van der Waals surface area contributed by atoms with Gasteiger partial charge in [0.15, 0.2) is 0 Å². The lowest BCUT2D eigenvalue weighted by Gasteiger charge is -2.17. The van der Waals surface area contributed by atoms with E-state index < -0.39 is 7.60 Å². The van der Waals surface area contributed by atoms with E-state index in [9.17, 15) is 14.6 Å². The molecule has 0 unspecified atom stereocenters. The van der Waals surface area contributed by atoms with Crippen LogP contribution in [-0.4, -0.2) is 19.1 Å². The fourth-order valence-corrected chi connectivity index (χ4v) is 4.48. The molecule has 0 fully saturated rings. The van der Waals surface area contributed by atoms with Crippen LogP contribution >= 0.6 is 23.5 Å². The van der Waals surface area contributed by atoms with E-state index in [1.807, 2.05) is 6.07 Å². The molecule has 0 aliphatic rings. The average Bonchev–Trinajstić information content (AvgIpc) is 2.70. The van der Waals surface area contributed by atoms with Gasteiger partial charge in [-0.25, -0.2) is 0 Å². The number of hydrogen-bond donors (Lipinski definition) is 1. The molecule has 2 rings (SSSR count). The molecular weight excluding hydrogens is 467 g/mol. The van der Waals surface area contributed by atoms with E-state index in [0.29, 0.717) is 30.0 Å². The molecule has 0 bridgehead atoms. The van der Waals surface area contributed by atoms with Crippen molar-refractivity contribution < 1.29 is 18.4 Å². The molecule has 0 aromatic heterocycles. The van der Waals surface area contributed by atoms with Crippen LogP contribution < -0.4 is 5.32 Å². The Morgan fingerprint density at radius 3 is 2.13 bits per heavy atom. The molecular formula is C22H28BrN2O4P. The van der Waals surface area contributed by atoms with Crippen LogP contribution in [0.2, 0.25) is 0 Å². The number of anilines is 1. The minimum absolute atomic E-state index is 0.141. The summed E-state index contributed by atoms with van der Waals surface area (Å²) in [5, 5.41) is 11.9. The molecule has 0 heterocycles. The number of halogens is 1. The number of benzene rings is 2. The van der Waals surface area contributed by atoms with E-state index in [4.69, 9.17) is 9.05 Å². The van der Waals surface area contributed by atoms with Gasteiger partial charge in [-0.2, -0.15) is 5.26 Å². The number of amides is 1. The molecule has 0 spiro atoms. The number of rotatable bonds is 8. The van der Waals surface area contributed by atoms with E-state index in [-0.39, 0.29) is 12.1 Å². The molecule has 162 valence electrons. The predicted octanol–water partition coefficient (Wildman–Crippen LogP) is 6.76. The van der Waals surface area contributed by atoms with Crippen molar-refractivity contribution in [3.05, 3.63) is 63.6 Å². The number of nitrogens with one attached hydrogen (secondary N) is 1. The summed E-state index contributed by atoms with van der Waals surface area (Å²) in [5.41, 5.74) is 1.97. The first-order chi connectivity index (χ1) is 14.3. The van der Waals surface area contributed by atoms with Gasteiger partial charge in [0.25, 0.3) is 5.91 Å². The molecule has 2 aromatic rings. The smallest absolute Gasteiger partial charge is 0.321 e. The molecule has 0 aliphatic carbocycles. The minimum atomic E-state index is -3.19. The highest BCUT2D eigenvalue weighted by Gasteiger charge is 2.24. The summed E-state index contributed by atoms with van der Waals surface area (Å²) < 4.78 is 23.9. The maximum absolute atomic E-state index is 12.6. The Kier molecular flexibility index (Phi) is 11.6. The van der Waals surface area contributed by atoms with Crippen molar-refractivity contribution in [2.75, 3.05) is 18.5 Å². The van der Waals surface area contributed by atoms with Crippen molar-refractivity contribution in [1.82, 2.24) is 0 Å². The Morgan fingerprint density at radius 1 is 1.07 bits per heavy atom. The van der Waals surface area contributed by atoms with E-state index in [1.165, 1.54) is 6.42 Å². The van der Waals surface area contributed by atoms with Crippen molar-refractivity contribution in [2.45, 2.75) is 40.3 Å². The van der Waals surface area contributed by atoms with Gasteiger partial charge in [0, 0.05) is 10.0 Å². The zero-order valence-electron chi connectivity index (χ0n) is 17.8. The lowest BCUT2D eigenvalue weighted by Crippen LogP contribution is -2.13. The van der Waals surface area contributed by atoms with Gasteiger partial charge in [0.2, 0.25) is 0 Å². The third-order valence-corrected chi connectivity index (χ3v) is 6.14. The zero-order chi connectivity index (χ0) is 22.6. The second-order valence-corrected chi connectivity index (χ2v) is 9.23. The maximum Gasteiger partial charge on any atom is 0.335 e. The summed E-state index contributed by atoms with van der Waals surface area (Å²) in [7, 11) is -3.19. The average molecular weight is 495 g/mol. The van der Waals surface area contributed by atoms with E-state index >= 15 is 0 Å². The number of carbonyl (C=O) groups excluding carboxylic acids is 1. The van der Waals surface area contributed by atoms with Crippen LogP contribution in [0, 0.1) is 11.3 Å². The van der Waals surface area contributed by atoms with Gasteiger partial charge in [-0.3, -0.25) is 9.36 Å². The van der Waals surface area contributed by atoms with Gasteiger partial charge in [-0.1, -0.05) is 48.3 Å². The second kappa shape index (κ2) is 13.4. The minimum Gasteiger partial charge on any atom is -0.321 e. The first kappa shape index (κ1) is 26.1. The fraction of sp³-hybridized carbons (Fsp3) is 0.364. The third-order valence-electron chi connectivity index (χ3n) is 3.59. The van der Waals surface area contributed by atoms with E-state index in [1.54, 1.807) is 56.3 Å². The number of nitriles is 1. The van der Waals surface area contributed by atoms with Gasteiger partial charge in [-0.15, -0.1) is 0 Å². The summed E-state index contributed by atoms with van der Waals surface area (Å²) in [4.78, 5) is 12.4. The van der Waals surface area contributed by atoms with Crippen molar-refractivity contribution in [2.24, 2.45) is 0 Å². The van der Waals surface area contributed by atoms with Crippen LogP contribution in [0.15, 0.2) is 46.9 Å². The van der Waals surface area contributed by atoms with Crippen LogP contribution in [0.5, 0.6) is 0 Å². The lowest BCUT2D eigenvalue weighted by atomic mass is 10.1. The van der Waals surface area contributed by atoms with Crippen molar-refractivity contribution in [3.8, 4) is 6.07 Å². The predicted molar refractivity (Wildman–Crippen MR) is 124 cm³/mol. The van der Waals surface area contributed by atoms with Gasteiger partial charge < -0.3 is 14.4 Å². The fourth-order valence-electron chi connectivity index (χ4n) is 2.42. The van der Waals surface area contributed by atoms with E-state index in [0.717, 1.165) is 10.0 Å². The molecule has 0 aliphatic heterocycles. The highest BCUT2D eigenvalue weighted by atomic mass is 79.9. The quantitative estimate of drug-likeness (QED) is 0.409. The summed E-state index contributed by atoms with van der Waals surface area (Å²) in [6, 6.07) is 13.8. The topological polar surface area (TPSA) is 88.4 Å².